The Bertz CT molecular complexity index is 642. The molecule has 0 spiro atoms. The van der Waals surface area contributed by atoms with Crippen LogP contribution < -0.4 is 10.1 Å². The van der Waals surface area contributed by atoms with Crippen molar-refractivity contribution < 1.29 is 9.53 Å². The number of carbonyl (C=O) groups excluding carboxylic acids is 1. The minimum Gasteiger partial charge on any atom is -0.497 e. The van der Waals surface area contributed by atoms with Crippen LogP contribution in [0.2, 0.25) is 0 Å². The van der Waals surface area contributed by atoms with Crippen molar-refractivity contribution in [3.8, 4) is 5.75 Å². The third-order valence-corrected chi connectivity index (χ3v) is 4.50. The lowest BCUT2D eigenvalue weighted by molar-refractivity contribution is -0.117. The van der Waals surface area contributed by atoms with E-state index < -0.39 is 0 Å². The van der Waals surface area contributed by atoms with Crippen LogP contribution in [0, 0.1) is 0 Å². The molecule has 1 aromatic heterocycles. The van der Waals surface area contributed by atoms with Gasteiger partial charge >= 0.3 is 0 Å². The SMILES string of the molecule is CCc1nc(CN(CC)CC(=O)Nc2cccc(OC)c2)cs1. The molecule has 0 aliphatic carbocycles. The molecular formula is C17H23N3O2S. The van der Waals surface area contributed by atoms with Gasteiger partial charge in [0, 0.05) is 23.7 Å². The summed E-state index contributed by atoms with van der Waals surface area (Å²) in [6.07, 6.45) is 0.952. The van der Waals surface area contributed by atoms with Crippen LogP contribution in [0.5, 0.6) is 5.75 Å². The first-order valence-corrected chi connectivity index (χ1v) is 8.62. The molecular weight excluding hydrogens is 310 g/mol. The fourth-order valence-electron chi connectivity index (χ4n) is 2.20. The number of thiazole rings is 1. The van der Waals surface area contributed by atoms with Crippen LogP contribution in [-0.4, -0.2) is 36.0 Å². The minimum absolute atomic E-state index is 0.0361. The first-order valence-electron chi connectivity index (χ1n) is 7.74. The maximum atomic E-state index is 12.2. The number of ether oxygens (including phenoxy) is 1. The van der Waals surface area contributed by atoms with E-state index >= 15 is 0 Å². The zero-order chi connectivity index (χ0) is 16.7. The van der Waals surface area contributed by atoms with Crippen LogP contribution >= 0.6 is 11.3 Å². The number of rotatable bonds is 8. The molecule has 2 aromatic rings. The third kappa shape index (κ3) is 5.33. The lowest BCUT2D eigenvalue weighted by Gasteiger charge is -2.18. The maximum absolute atomic E-state index is 12.2. The number of carbonyl (C=O) groups is 1. The second kappa shape index (κ2) is 8.64. The number of methoxy groups -OCH3 is 1. The number of aryl methyl sites for hydroxylation is 1. The van der Waals surface area contributed by atoms with E-state index in [4.69, 9.17) is 4.74 Å². The topological polar surface area (TPSA) is 54.5 Å². The van der Waals surface area contributed by atoms with E-state index in [1.165, 1.54) is 0 Å². The molecule has 0 unspecified atom stereocenters. The highest BCUT2D eigenvalue weighted by Gasteiger charge is 2.12. The molecule has 0 saturated heterocycles. The van der Waals surface area contributed by atoms with Crippen molar-refractivity contribution in [1.29, 1.82) is 0 Å². The molecule has 0 fully saturated rings. The molecule has 0 radical (unpaired) electrons. The Morgan fingerprint density at radius 3 is 2.87 bits per heavy atom. The molecule has 1 heterocycles. The number of nitrogens with zero attached hydrogens (tertiary/aromatic N) is 2. The zero-order valence-corrected chi connectivity index (χ0v) is 14.7. The van der Waals surface area contributed by atoms with Crippen molar-refractivity contribution in [3.05, 3.63) is 40.3 Å². The van der Waals surface area contributed by atoms with Crippen LogP contribution in [0.25, 0.3) is 0 Å². The smallest absolute Gasteiger partial charge is 0.238 e. The van der Waals surface area contributed by atoms with Crippen LogP contribution in [-0.2, 0) is 17.8 Å². The van der Waals surface area contributed by atoms with Crippen molar-refractivity contribution in [2.24, 2.45) is 0 Å². The number of amides is 1. The second-order valence-corrected chi connectivity index (χ2v) is 6.11. The van der Waals surface area contributed by atoms with Gasteiger partial charge in [-0.15, -0.1) is 11.3 Å². The Morgan fingerprint density at radius 2 is 2.22 bits per heavy atom. The molecule has 0 aliphatic rings. The summed E-state index contributed by atoms with van der Waals surface area (Å²) >= 11 is 1.68. The van der Waals surface area contributed by atoms with Gasteiger partial charge in [-0.1, -0.05) is 19.9 Å². The van der Waals surface area contributed by atoms with Gasteiger partial charge in [0.25, 0.3) is 0 Å². The predicted octanol–water partition coefficient (Wildman–Crippen LogP) is 3.17. The first-order chi connectivity index (χ1) is 11.1. The number of benzene rings is 1. The molecule has 6 heteroatoms. The molecule has 2 rings (SSSR count). The van der Waals surface area contributed by atoms with Crippen molar-refractivity contribution in [2.75, 3.05) is 25.5 Å². The van der Waals surface area contributed by atoms with Gasteiger partial charge in [-0.05, 0) is 25.1 Å². The fourth-order valence-corrected chi connectivity index (χ4v) is 2.93. The highest BCUT2D eigenvalue weighted by atomic mass is 32.1. The quantitative estimate of drug-likeness (QED) is 0.806. The average Bonchev–Trinajstić information content (AvgIpc) is 3.02. The predicted molar refractivity (Wildman–Crippen MR) is 94.1 cm³/mol. The maximum Gasteiger partial charge on any atom is 0.238 e. The van der Waals surface area contributed by atoms with E-state index in [-0.39, 0.29) is 5.91 Å². The van der Waals surface area contributed by atoms with Gasteiger partial charge in [-0.3, -0.25) is 9.69 Å². The molecule has 0 aliphatic heterocycles. The van der Waals surface area contributed by atoms with Crippen molar-refractivity contribution in [2.45, 2.75) is 26.8 Å². The lowest BCUT2D eigenvalue weighted by Crippen LogP contribution is -2.32. The number of anilines is 1. The van der Waals surface area contributed by atoms with Gasteiger partial charge in [0.1, 0.15) is 5.75 Å². The van der Waals surface area contributed by atoms with Crippen molar-refractivity contribution in [3.63, 3.8) is 0 Å². The third-order valence-electron chi connectivity index (χ3n) is 3.46. The van der Waals surface area contributed by atoms with Gasteiger partial charge in [-0.2, -0.15) is 0 Å². The molecule has 0 saturated carbocycles. The molecule has 0 bridgehead atoms. The summed E-state index contributed by atoms with van der Waals surface area (Å²) in [7, 11) is 1.61. The molecule has 23 heavy (non-hydrogen) atoms. The Morgan fingerprint density at radius 1 is 1.39 bits per heavy atom. The van der Waals surface area contributed by atoms with E-state index in [0.29, 0.717) is 13.1 Å². The lowest BCUT2D eigenvalue weighted by atomic mass is 10.3. The summed E-state index contributed by atoms with van der Waals surface area (Å²) in [5.74, 6) is 0.691. The summed E-state index contributed by atoms with van der Waals surface area (Å²) in [5.41, 5.74) is 1.77. The standard InChI is InChI=1S/C17H23N3O2S/c1-4-17-19-14(12-23-17)10-20(5-2)11-16(21)18-13-7-6-8-15(9-13)22-3/h6-9,12H,4-5,10-11H2,1-3H3,(H,18,21). The van der Waals surface area contributed by atoms with Gasteiger partial charge in [0.05, 0.1) is 24.4 Å². The highest BCUT2D eigenvalue weighted by Crippen LogP contribution is 2.17. The molecule has 1 N–H and O–H groups in total. The van der Waals surface area contributed by atoms with Crippen LogP contribution in [0.15, 0.2) is 29.6 Å². The summed E-state index contributed by atoms with van der Waals surface area (Å²) in [5, 5.41) is 6.11. The molecule has 1 aromatic carbocycles. The van der Waals surface area contributed by atoms with E-state index in [9.17, 15) is 4.79 Å². The van der Waals surface area contributed by atoms with Gasteiger partial charge in [-0.25, -0.2) is 4.98 Å². The zero-order valence-electron chi connectivity index (χ0n) is 13.8. The summed E-state index contributed by atoms with van der Waals surface area (Å²) in [6, 6.07) is 7.36. The van der Waals surface area contributed by atoms with Crippen molar-refractivity contribution >= 4 is 22.9 Å². The molecule has 1 amide bonds. The average molecular weight is 333 g/mol. The van der Waals surface area contributed by atoms with Gasteiger partial charge in [0.15, 0.2) is 0 Å². The number of likely N-dealkylation sites (N-methyl/N-ethyl adjacent to an activating group) is 1. The molecule has 5 nitrogen and oxygen atoms in total. The largest absolute Gasteiger partial charge is 0.497 e. The number of aromatic nitrogens is 1. The van der Waals surface area contributed by atoms with E-state index in [1.54, 1.807) is 18.4 Å². The Balaban J connectivity index is 1.91. The fraction of sp³-hybridized carbons (Fsp3) is 0.412. The Kier molecular flexibility index (Phi) is 6.55. The summed E-state index contributed by atoms with van der Waals surface area (Å²) in [4.78, 5) is 18.9. The van der Waals surface area contributed by atoms with Crippen molar-refractivity contribution in [1.82, 2.24) is 9.88 Å². The van der Waals surface area contributed by atoms with Crippen LogP contribution in [0.1, 0.15) is 24.5 Å². The number of nitrogens with one attached hydrogen (secondary N) is 1. The summed E-state index contributed by atoms with van der Waals surface area (Å²) in [6.45, 7) is 5.98. The van der Waals surface area contributed by atoms with Crippen LogP contribution in [0.4, 0.5) is 5.69 Å². The van der Waals surface area contributed by atoms with Crippen LogP contribution in [0.3, 0.4) is 0 Å². The first kappa shape index (κ1) is 17.4. The van der Waals surface area contributed by atoms with Gasteiger partial charge in [0.2, 0.25) is 5.91 Å². The van der Waals surface area contributed by atoms with E-state index in [2.05, 4.69) is 27.5 Å². The summed E-state index contributed by atoms with van der Waals surface area (Å²) < 4.78 is 5.16. The second-order valence-electron chi connectivity index (χ2n) is 5.17. The Labute approximate surface area is 141 Å². The minimum atomic E-state index is -0.0361. The monoisotopic (exact) mass is 333 g/mol. The highest BCUT2D eigenvalue weighted by molar-refractivity contribution is 7.09. The Hall–Kier alpha value is -1.92. The molecule has 124 valence electrons. The van der Waals surface area contributed by atoms with Gasteiger partial charge < -0.3 is 10.1 Å². The van der Waals surface area contributed by atoms with E-state index in [1.807, 2.05) is 31.2 Å². The normalized spacial score (nSPS) is 10.8. The molecule has 0 atom stereocenters. The number of hydrogen-bond donors (Lipinski definition) is 1. The number of hydrogen-bond acceptors (Lipinski definition) is 5. The van der Waals surface area contributed by atoms with E-state index in [0.717, 1.165) is 35.1 Å².